The standard InChI is InChI=1S/C18H31N3/c1-5-16(6-2)21(4)18(13-19)15-9-10-17-14(12-15)8-7-11-20(17)3/h9-10,12,16,18H,5-8,11,13,19H2,1-4H3. The van der Waals surface area contributed by atoms with Gasteiger partial charge < -0.3 is 10.6 Å². The van der Waals surface area contributed by atoms with Crippen molar-refractivity contribution in [2.45, 2.75) is 51.6 Å². The molecule has 0 bridgehead atoms. The molecule has 2 rings (SSSR count). The molecular formula is C18H31N3. The molecule has 0 radical (unpaired) electrons. The van der Waals surface area contributed by atoms with Crippen LogP contribution in [0.1, 0.15) is 50.3 Å². The van der Waals surface area contributed by atoms with E-state index in [1.807, 2.05) is 0 Å². The lowest BCUT2D eigenvalue weighted by Crippen LogP contribution is -2.38. The van der Waals surface area contributed by atoms with Gasteiger partial charge in [0.2, 0.25) is 0 Å². The Hall–Kier alpha value is -1.06. The number of hydrogen-bond acceptors (Lipinski definition) is 3. The van der Waals surface area contributed by atoms with Gasteiger partial charge in [-0.25, -0.2) is 0 Å². The first-order valence-electron chi connectivity index (χ1n) is 8.38. The van der Waals surface area contributed by atoms with Gasteiger partial charge in [-0.05, 0) is 49.9 Å². The van der Waals surface area contributed by atoms with Gasteiger partial charge in [0.1, 0.15) is 0 Å². The van der Waals surface area contributed by atoms with Crippen molar-refractivity contribution in [2.24, 2.45) is 5.73 Å². The van der Waals surface area contributed by atoms with E-state index in [-0.39, 0.29) is 0 Å². The summed E-state index contributed by atoms with van der Waals surface area (Å²) in [5, 5.41) is 0. The first-order valence-corrected chi connectivity index (χ1v) is 8.38. The Kier molecular flexibility index (Phi) is 5.65. The number of anilines is 1. The first kappa shape index (κ1) is 16.3. The molecule has 1 atom stereocenters. The van der Waals surface area contributed by atoms with Gasteiger partial charge in [0, 0.05) is 37.9 Å². The SMILES string of the molecule is CCC(CC)N(C)C(CN)c1ccc2c(c1)CCCN2C. The van der Waals surface area contributed by atoms with Crippen LogP contribution in [0.15, 0.2) is 18.2 Å². The molecule has 0 saturated carbocycles. The van der Waals surface area contributed by atoms with Crippen LogP contribution in [-0.2, 0) is 6.42 Å². The van der Waals surface area contributed by atoms with Crippen molar-refractivity contribution >= 4 is 5.69 Å². The fourth-order valence-electron chi connectivity index (χ4n) is 3.67. The molecule has 1 aromatic rings. The van der Waals surface area contributed by atoms with Crippen molar-refractivity contribution in [3.8, 4) is 0 Å². The maximum atomic E-state index is 6.10. The van der Waals surface area contributed by atoms with Crippen LogP contribution >= 0.6 is 0 Å². The number of fused-ring (bicyclic) bond motifs is 1. The molecule has 1 aromatic carbocycles. The second kappa shape index (κ2) is 7.28. The van der Waals surface area contributed by atoms with Crippen LogP contribution in [0.5, 0.6) is 0 Å². The van der Waals surface area contributed by atoms with Crippen LogP contribution in [0.2, 0.25) is 0 Å². The second-order valence-electron chi connectivity index (χ2n) is 6.30. The largest absolute Gasteiger partial charge is 0.374 e. The first-order chi connectivity index (χ1) is 10.1. The predicted octanol–water partition coefficient (Wildman–Crippen LogP) is 3.19. The number of benzene rings is 1. The molecule has 2 N–H and O–H groups in total. The van der Waals surface area contributed by atoms with Crippen molar-refractivity contribution in [2.75, 3.05) is 32.1 Å². The third kappa shape index (κ3) is 3.41. The molecule has 0 fully saturated rings. The summed E-state index contributed by atoms with van der Waals surface area (Å²) in [5.74, 6) is 0. The summed E-state index contributed by atoms with van der Waals surface area (Å²) in [6.45, 7) is 6.38. The van der Waals surface area contributed by atoms with E-state index in [2.05, 4.69) is 55.9 Å². The average Bonchev–Trinajstić information content (AvgIpc) is 2.49. The number of nitrogens with two attached hydrogens (primary N) is 1. The maximum Gasteiger partial charge on any atom is 0.0470 e. The third-order valence-corrected chi connectivity index (χ3v) is 5.07. The molecule has 0 amide bonds. The normalized spacial score (nSPS) is 16.4. The van der Waals surface area contributed by atoms with Gasteiger partial charge in [-0.3, -0.25) is 4.90 Å². The Balaban J connectivity index is 2.26. The molecule has 21 heavy (non-hydrogen) atoms. The van der Waals surface area contributed by atoms with Crippen LogP contribution in [-0.4, -0.2) is 38.1 Å². The third-order valence-electron chi connectivity index (χ3n) is 5.07. The van der Waals surface area contributed by atoms with E-state index in [0.29, 0.717) is 18.6 Å². The van der Waals surface area contributed by atoms with Gasteiger partial charge in [-0.2, -0.15) is 0 Å². The monoisotopic (exact) mass is 289 g/mol. The van der Waals surface area contributed by atoms with Gasteiger partial charge in [-0.15, -0.1) is 0 Å². The minimum Gasteiger partial charge on any atom is -0.374 e. The Morgan fingerprint density at radius 2 is 2.00 bits per heavy atom. The lowest BCUT2D eigenvalue weighted by atomic mass is 9.95. The van der Waals surface area contributed by atoms with E-state index in [0.717, 1.165) is 0 Å². The Bertz CT molecular complexity index is 454. The van der Waals surface area contributed by atoms with Crippen molar-refractivity contribution in [1.82, 2.24) is 4.90 Å². The topological polar surface area (TPSA) is 32.5 Å². The fourth-order valence-corrected chi connectivity index (χ4v) is 3.67. The van der Waals surface area contributed by atoms with Crippen LogP contribution in [0.4, 0.5) is 5.69 Å². The molecule has 3 heteroatoms. The van der Waals surface area contributed by atoms with E-state index in [1.165, 1.54) is 49.0 Å². The van der Waals surface area contributed by atoms with Crippen LogP contribution in [0, 0.1) is 0 Å². The minimum absolute atomic E-state index is 0.326. The highest BCUT2D eigenvalue weighted by atomic mass is 15.2. The van der Waals surface area contributed by atoms with Gasteiger partial charge in [0.15, 0.2) is 0 Å². The molecule has 0 aromatic heterocycles. The predicted molar refractivity (Wildman–Crippen MR) is 92.0 cm³/mol. The van der Waals surface area contributed by atoms with Gasteiger partial charge in [0.25, 0.3) is 0 Å². The maximum absolute atomic E-state index is 6.10. The highest BCUT2D eigenvalue weighted by Gasteiger charge is 2.23. The summed E-state index contributed by atoms with van der Waals surface area (Å²) >= 11 is 0. The molecule has 1 aliphatic heterocycles. The van der Waals surface area contributed by atoms with Gasteiger partial charge in [-0.1, -0.05) is 26.0 Å². The zero-order valence-corrected chi connectivity index (χ0v) is 14.1. The van der Waals surface area contributed by atoms with Crippen molar-refractivity contribution in [3.63, 3.8) is 0 Å². The van der Waals surface area contributed by atoms with E-state index in [4.69, 9.17) is 5.73 Å². The zero-order chi connectivity index (χ0) is 15.4. The summed E-state index contributed by atoms with van der Waals surface area (Å²) < 4.78 is 0. The summed E-state index contributed by atoms with van der Waals surface area (Å²) in [6.07, 6.45) is 4.80. The molecule has 3 nitrogen and oxygen atoms in total. The van der Waals surface area contributed by atoms with E-state index >= 15 is 0 Å². The van der Waals surface area contributed by atoms with E-state index in [1.54, 1.807) is 0 Å². The lowest BCUT2D eigenvalue weighted by Gasteiger charge is -2.35. The average molecular weight is 289 g/mol. The Morgan fingerprint density at radius 3 is 2.62 bits per heavy atom. The van der Waals surface area contributed by atoms with Gasteiger partial charge >= 0.3 is 0 Å². The van der Waals surface area contributed by atoms with Crippen LogP contribution < -0.4 is 10.6 Å². The highest BCUT2D eigenvalue weighted by molar-refractivity contribution is 5.56. The molecule has 1 unspecified atom stereocenters. The Labute approximate surface area is 130 Å². The summed E-state index contributed by atoms with van der Waals surface area (Å²) in [5.41, 5.74) is 10.4. The lowest BCUT2D eigenvalue weighted by molar-refractivity contribution is 0.167. The van der Waals surface area contributed by atoms with Crippen molar-refractivity contribution in [1.29, 1.82) is 0 Å². The number of likely N-dealkylation sites (N-methyl/N-ethyl adjacent to an activating group) is 1. The van der Waals surface area contributed by atoms with Crippen LogP contribution in [0.25, 0.3) is 0 Å². The molecule has 118 valence electrons. The Morgan fingerprint density at radius 1 is 1.29 bits per heavy atom. The molecule has 0 saturated heterocycles. The number of aryl methyl sites for hydroxylation is 1. The second-order valence-corrected chi connectivity index (χ2v) is 6.30. The fraction of sp³-hybridized carbons (Fsp3) is 0.667. The number of nitrogens with zero attached hydrogens (tertiary/aromatic N) is 2. The molecular weight excluding hydrogens is 258 g/mol. The smallest absolute Gasteiger partial charge is 0.0470 e. The minimum atomic E-state index is 0.326. The van der Waals surface area contributed by atoms with E-state index < -0.39 is 0 Å². The number of hydrogen-bond donors (Lipinski definition) is 1. The summed E-state index contributed by atoms with van der Waals surface area (Å²) in [7, 11) is 4.41. The van der Waals surface area contributed by atoms with Crippen molar-refractivity contribution in [3.05, 3.63) is 29.3 Å². The summed E-state index contributed by atoms with van der Waals surface area (Å²) in [6, 6.07) is 7.88. The number of rotatable bonds is 6. The molecule has 0 spiro atoms. The van der Waals surface area contributed by atoms with E-state index in [9.17, 15) is 0 Å². The molecule has 1 heterocycles. The van der Waals surface area contributed by atoms with Crippen LogP contribution in [0.3, 0.4) is 0 Å². The molecule has 0 aliphatic carbocycles. The zero-order valence-electron chi connectivity index (χ0n) is 14.1. The van der Waals surface area contributed by atoms with Crippen molar-refractivity contribution < 1.29 is 0 Å². The molecule has 1 aliphatic rings. The quantitative estimate of drug-likeness (QED) is 0.873. The highest BCUT2D eigenvalue weighted by Crippen LogP contribution is 2.31. The summed E-state index contributed by atoms with van der Waals surface area (Å²) in [4.78, 5) is 4.83. The van der Waals surface area contributed by atoms with Gasteiger partial charge in [0.05, 0.1) is 0 Å².